The lowest BCUT2D eigenvalue weighted by atomic mass is 9.92. The van der Waals surface area contributed by atoms with Gasteiger partial charge in [-0.3, -0.25) is 48.3 Å². The average Bonchev–Trinajstić information content (AvgIpc) is 3.24. The highest BCUT2D eigenvalue weighted by molar-refractivity contribution is 8.76. The van der Waals surface area contributed by atoms with Crippen molar-refractivity contribution in [1.29, 1.82) is 0 Å². The van der Waals surface area contributed by atoms with Crippen molar-refractivity contribution in [2.24, 2.45) is 28.3 Å². The van der Waals surface area contributed by atoms with Crippen LogP contribution in [0.15, 0.2) is 40.2 Å². The van der Waals surface area contributed by atoms with Gasteiger partial charge in [-0.1, -0.05) is 28.5 Å². The first-order chi connectivity index (χ1) is 30.8. The molecule has 2 aromatic heterocycles. The lowest BCUT2D eigenvalue weighted by molar-refractivity contribution is -0.144. The maximum atomic E-state index is 13.5. The number of guanidine groups is 1. The molecule has 14 N–H and O–H groups in total. The molecule has 0 aliphatic carbocycles. The number of rotatable bonds is 29. The van der Waals surface area contributed by atoms with Gasteiger partial charge in [-0.05, 0) is 50.5 Å². The Morgan fingerprint density at radius 3 is 2.17 bits per heavy atom. The highest BCUT2D eigenvalue weighted by atomic mass is 33.1. The number of carbonyl (C=O) groups is 8. The summed E-state index contributed by atoms with van der Waals surface area (Å²) < 4.78 is 0. The Balaban J connectivity index is 1.58. The van der Waals surface area contributed by atoms with Gasteiger partial charge >= 0.3 is 17.9 Å². The molecule has 352 valence electrons. The number of aromatic amines is 1. The SMILES string of the molecule is CCSSC[C@H](CC(=O)[C@H](CC(=O)O)NC(=O)[C@H](CCCN=C(N)N)CC(=O)[C@H](C)NC(=O)CC[C@H](NC(=O)c1ccc(NCc2cnc3nc(N)[nH]c(=O)c3n2)cc1)C(=O)O)C(=O)O. The molecule has 0 radical (unpaired) electrons. The van der Waals surface area contributed by atoms with Gasteiger partial charge in [0.25, 0.3) is 11.5 Å². The molecule has 24 nitrogen and oxygen atoms in total. The summed E-state index contributed by atoms with van der Waals surface area (Å²) >= 11 is 0. The van der Waals surface area contributed by atoms with Crippen molar-refractivity contribution in [3.63, 3.8) is 0 Å². The van der Waals surface area contributed by atoms with Gasteiger partial charge in [-0.25, -0.2) is 14.8 Å². The van der Waals surface area contributed by atoms with Crippen LogP contribution in [0.4, 0.5) is 11.6 Å². The van der Waals surface area contributed by atoms with E-state index in [0.717, 1.165) is 0 Å². The van der Waals surface area contributed by atoms with E-state index < -0.39 is 108 Å². The Bertz CT molecular complexity index is 2290. The summed E-state index contributed by atoms with van der Waals surface area (Å²) in [5, 5.41) is 39.2. The van der Waals surface area contributed by atoms with Gasteiger partial charge in [0.1, 0.15) is 6.04 Å². The Morgan fingerprint density at radius 1 is 0.846 bits per heavy atom. The van der Waals surface area contributed by atoms with Crippen molar-refractivity contribution in [2.75, 3.05) is 29.1 Å². The van der Waals surface area contributed by atoms with Crippen molar-refractivity contribution >= 4 is 97.5 Å². The van der Waals surface area contributed by atoms with Gasteiger partial charge < -0.3 is 53.8 Å². The van der Waals surface area contributed by atoms with Crippen LogP contribution >= 0.6 is 21.6 Å². The van der Waals surface area contributed by atoms with E-state index in [1.165, 1.54) is 46.8 Å². The Labute approximate surface area is 378 Å². The third kappa shape index (κ3) is 18.1. The van der Waals surface area contributed by atoms with Crippen molar-refractivity contribution in [3.05, 3.63) is 52.1 Å². The number of anilines is 2. The van der Waals surface area contributed by atoms with Gasteiger partial charge in [0, 0.05) is 54.5 Å². The minimum absolute atomic E-state index is 0.00242. The number of aliphatic carboxylic acids is 3. The molecule has 0 saturated heterocycles. The van der Waals surface area contributed by atoms with Crippen molar-refractivity contribution in [1.82, 2.24) is 35.9 Å². The average molecular weight is 945 g/mol. The fourth-order valence-corrected chi connectivity index (χ4v) is 7.94. The Morgan fingerprint density at radius 2 is 1.54 bits per heavy atom. The number of carboxylic acids is 3. The number of hydrogen-bond donors (Lipinski definition) is 11. The predicted octanol–water partition coefficient (Wildman–Crippen LogP) is 0.0251. The summed E-state index contributed by atoms with van der Waals surface area (Å²) in [5.41, 5.74) is 16.9. The summed E-state index contributed by atoms with van der Waals surface area (Å²) in [6.45, 7) is 3.41. The zero-order valence-electron chi connectivity index (χ0n) is 35.4. The number of nitrogen functional groups attached to an aromatic ring is 1. The second-order valence-corrected chi connectivity index (χ2v) is 17.3. The summed E-state index contributed by atoms with van der Waals surface area (Å²) in [6, 6.07) is 1.67. The van der Waals surface area contributed by atoms with E-state index >= 15 is 0 Å². The number of fused-ring (bicyclic) bond motifs is 1. The first-order valence-corrected chi connectivity index (χ1v) is 22.5. The molecule has 2 heterocycles. The molecule has 0 saturated carbocycles. The Kier molecular flexibility index (Phi) is 21.1. The zero-order valence-corrected chi connectivity index (χ0v) is 37.0. The smallest absolute Gasteiger partial charge is 0.326 e. The highest BCUT2D eigenvalue weighted by Gasteiger charge is 2.33. The van der Waals surface area contributed by atoms with Gasteiger partial charge in [-0.2, -0.15) is 4.98 Å². The van der Waals surface area contributed by atoms with Gasteiger partial charge in [-0.15, -0.1) is 0 Å². The van der Waals surface area contributed by atoms with E-state index in [1.54, 1.807) is 12.1 Å². The number of ketones is 2. The fourth-order valence-electron chi connectivity index (χ4n) is 5.97. The van der Waals surface area contributed by atoms with E-state index in [0.29, 0.717) is 17.1 Å². The van der Waals surface area contributed by atoms with Crippen LogP contribution in [0, 0.1) is 11.8 Å². The second kappa shape index (κ2) is 26.1. The van der Waals surface area contributed by atoms with Gasteiger partial charge in [0.2, 0.25) is 17.8 Å². The maximum Gasteiger partial charge on any atom is 0.326 e. The van der Waals surface area contributed by atoms with Crippen molar-refractivity contribution < 1.29 is 53.7 Å². The number of nitrogens with zero attached hydrogens (tertiary/aromatic N) is 4. The van der Waals surface area contributed by atoms with E-state index in [-0.39, 0.29) is 66.7 Å². The van der Waals surface area contributed by atoms with Crippen LogP contribution in [-0.4, -0.2) is 125 Å². The standard InChI is InChI=1S/C39H52N12O12S2/c1-3-64-65-18-22(36(60)61)14-28(53)26(15-30(55)56)49-34(58)21(5-4-12-43-38(40)41)13-27(52)19(2)46-29(54)11-10-25(37(62)63)48-33(57)20-6-8-23(9-7-20)44-16-24-17-45-32-31(47-24)35(59)51-39(42)50-32/h6-9,17,19,21-22,25-26,44H,3-5,10-16,18H2,1-2H3,(H,46,54)(H,48,57)(H,49,58)(H,55,56)(H,60,61)(H,62,63)(H4,40,41,43)(H3,42,45,50,51,59)/t19-,21+,22-,25-,26-/m0/s1. The molecule has 0 fully saturated rings. The molecule has 5 atom stereocenters. The van der Waals surface area contributed by atoms with Crippen LogP contribution in [0.2, 0.25) is 0 Å². The molecule has 3 rings (SSSR count). The molecule has 0 aliphatic heterocycles. The number of nitrogens with two attached hydrogens (primary N) is 3. The van der Waals surface area contributed by atoms with E-state index in [9.17, 15) is 58.5 Å². The summed E-state index contributed by atoms with van der Waals surface area (Å²) in [4.78, 5) is 132. The minimum atomic E-state index is -1.60. The topological polar surface area (TPSA) is 407 Å². The molecular weight excluding hydrogens is 893 g/mol. The van der Waals surface area contributed by atoms with E-state index in [1.807, 2.05) is 6.92 Å². The number of carbonyl (C=O) groups excluding carboxylic acids is 5. The van der Waals surface area contributed by atoms with Gasteiger partial charge in [0.15, 0.2) is 28.7 Å². The third-order valence-corrected chi connectivity index (χ3v) is 12.0. The number of Topliss-reactive ketones (excluding diaryl/α,β-unsaturated/α-hetero) is 2. The molecule has 0 bridgehead atoms. The molecule has 0 spiro atoms. The van der Waals surface area contributed by atoms with E-state index in [2.05, 4.69) is 46.2 Å². The number of hydrogen-bond acceptors (Lipinski definition) is 17. The highest BCUT2D eigenvalue weighted by Crippen LogP contribution is 2.26. The third-order valence-electron chi connectivity index (χ3n) is 9.41. The number of benzene rings is 1. The Hall–Kier alpha value is -6.83. The van der Waals surface area contributed by atoms with Crippen LogP contribution in [0.3, 0.4) is 0 Å². The second-order valence-electron chi connectivity index (χ2n) is 14.5. The van der Waals surface area contributed by atoms with Crippen molar-refractivity contribution in [3.8, 4) is 0 Å². The lowest BCUT2D eigenvalue weighted by Crippen LogP contribution is -2.47. The summed E-state index contributed by atoms with van der Waals surface area (Å²) in [5.74, 6) is -9.82. The fraction of sp³-hybridized carbons (Fsp3) is 0.462. The van der Waals surface area contributed by atoms with Gasteiger partial charge in [0.05, 0.1) is 42.9 Å². The first kappa shape index (κ1) is 52.5. The van der Waals surface area contributed by atoms with Crippen LogP contribution in [-0.2, 0) is 40.1 Å². The van der Waals surface area contributed by atoms with Crippen LogP contribution in [0.25, 0.3) is 11.2 Å². The van der Waals surface area contributed by atoms with E-state index in [4.69, 9.17) is 17.2 Å². The molecular formula is C39H52N12O12S2. The number of H-pyrrole nitrogens is 1. The lowest BCUT2D eigenvalue weighted by Gasteiger charge is -2.23. The molecule has 1 aromatic carbocycles. The molecule has 26 heteroatoms. The molecule has 3 amide bonds. The monoisotopic (exact) mass is 944 g/mol. The molecule has 65 heavy (non-hydrogen) atoms. The summed E-state index contributed by atoms with van der Waals surface area (Å²) in [7, 11) is 2.63. The zero-order chi connectivity index (χ0) is 48.2. The summed E-state index contributed by atoms with van der Waals surface area (Å²) in [6.07, 6.45) is -1.09. The maximum absolute atomic E-state index is 13.5. The first-order valence-electron chi connectivity index (χ1n) is 20.1. The van der Waals surface area contributed by atoms with Crippen LogP contribution < -0.4 is 44.0 Å². The normalized spacial score (nSPS) is 13.3. The quantitative estimate of drug-likeness (QED) is 0.0189. The van der Waals surface area contributed by atoms with Crippen LogP contribution in [0.5, 0.6) is 0 Å². The minimum Gasteiger partial charge on any atom is -0.481 e. The molecule has 0 aliphatic rings. The number of aliphatic imine (C=N–C) groups is 1. The molecule has 0 unspecified atom stereocenters. The largest absolute Gasteiger partial charge is 0.481 e. The number of amides is 3. The predicted molar refractivity (Wildman–Crippen MR) is 240 cm³/mol. The number of nitrogens with one attached hydrogen (secondary N) is 5. The molecule has 3 aromatic rings. The number of carboxylic acid groups (broad SMARTS) is 3. The van der Waals surface area contributed by atoms with Crippen molar-refractivity contribution in [2.45, 2.75) is 83.5 Å². The van der Waals surface area contributed by atoms with Crippen LogP contribution in [0.1, 0.15) is 74.8 Å². The number of aromatic nitrogens is 4.